The highest BCUT2D eigenvalue weighted by atomic mass is 32.2. The van der Waals surface area contributed by atoms with Gasteiger partial charge < -0.3 is 13.9 Å². The third kappa shape index (κ3) is 4.92. The van der Waals surface area contributed by atoms with E-state index >= 15 is 0 Å². The van der Waals surface area contributed by atoms with Crippen molar-refractivity contribution in [3.8, 4) is 23.0 Å². The minimum Gasteiger partial charge on any atom is -0.497 e. The first-order chi connectivity index (χ1) is 16.4. The highest BCUT2D eigenvalue weighted by Gasteiger charge is 2.27. The number of hydrogen-bond donors (Lipinski definition) is 0. The molecule has 0 saturated heterocycles. The average molecular weight is 479 g/mol. The smallest absolute Gasteiger partial charge is 0.264 e. The van der Waals surface area contributed by atoms with E-state index in [1.807, 2.05) is 31.2 Å². The van der Waals surface area contributed by atoms with Gasteiger partial charge >= 0.3 is 0 Å². The molecule has 0 amide bonds. The van der Waals surface area contributed by atoms with Crippen LogP contribution < -0.4 is 13.8 Å². The van der Waals surface area contributed by atoms with Crippen LogP contribution in [0.15, 0.2) is 88.2 Å². The molecule has 8 heteroatoms. The predicted octanol–water partition coefficient (Wildman–Crippen LogP) is 5.45. The van der Waals surface area contributed by atoms with Crippen molar-refractivity contribution in [3.05, 3.63) is 90.3 Å². The molecule has 3 aromatic carbocycles. The summed E-state index contributed by atoms with van der Waals surface area (Å²) in [6.07, 6.45) is 0. The summed E-state index contributed by atoms with van der Waals surface area (Å²) in [7, 11) is -2.26. The van der Waals surface area contributed by atoms with Crippen molar-refractivity contribution >= 4 is 15.7 Å². The van der Waals surface area contributed by atoms with Crippen molar-refractivity contribution < 1.29 is 22.3 Å². The predicted molar refractivity (Wildman–Crippen MR) is 131 cm³/mol. The summed E-state index contributed by atoms with van der Waals surface area (Å²) in [6, 6.07) is 22.6. The van der Waals surface area contributed by atoms with Crippen molar-refractivity contribution in [2.45, 2.75) is 25.3 Å². The number of anilines is 1. The molecule has 0 fully saturated rings. The van der Waals surface area contributed by atoms with Gasteiger partial charge in [0.2, 0.25) is 5.89 Å². The summed E-state index contributed by atoms with van der Waals surface area (Å²) in [5.41, 5.74) is 1.80. The molecule has 0 bridgehead atoms. The van der Waals surface area contributed by atoms with Crippen LogP contribution in [-0.4, -0.2) is 27.1 Å². The monoisotopic (exact) mass is 478 g/mol. The Labute approximate surface area is 199 Å². The maximum Gasteiger partial charge on any atom is 0.264 e. The van der Waals surface area contributed by atoms with Gasteiger partial charge in [0.25, 0.3) is 10.0 Å². The summed E-state index contributed by atoms with van der Waals surface area (Å²) in [4.78, 5) is 4.81. The molecule has 0 unspecified atom stereocenters. The summed E-state index contributed by atoms with van der Waals surface area (Å²) >= 11 is 0. The van der Waals surface area contributed by atoms with E-state index in [9.17, 15) is 8.42 Å². The Morgan fingerprint density at radius 2 is 1.56 bits per heavy atom. The van der Waals surface area contributed by atoms with Crippen LogP contribution in [0.1, 0.15) is 18.4 Å². The van der Waals surface area contributed by atoms with Crippen molar-refractivity contribution in [2.24, 2.45) is 0 Å². The lowest BCUT2D eigenvalue weighted by Crippen LogP contribution is -2.31. The van der Waals surface area contributed by atoms with Crippen LogP contribution in [0.5, 0.6) is 11.5 Å². The molecule has 4 rings (SSSR count). The molecule has 0 saturated carbocycles. The molecule has 176 valence electrons. The van der Waals surface area contributed by atoms with Crippen LogP contribution >= 0.6 is 0 Å². The molecular formula is C26H26N2O5S. The summed E-state index contributed by atoms with van der Waals surface area (Å²) in [5, 5.41) is 0. The standard InChI is InChI=1S/C26H26N2O5S/c1-4-32-23-16-12-21(13-17-23)28(34(29,30)24-8-6-5-7-9-24)18-25-19(2)33-26(27-25)20-10-14-22(31-3)15-11-20/h5-17H,4,18H2,1-3H3. The molecule has 0 N–H and O–H groups in total. The largest absolute Gasteiger partial charge is 0.497 e. The lowest BCUT2D eigenvalue weighted by atomic mass is 10.2. The van der Waals surface area contributed by atoms with Crippen LogP contribution in [0.3, 0.4) is 0 Å². The topological polar surface area (TPSA) is 81.9 Å². The van der Waals surface area contributed by atoms with Gasteiger partial charge in [-0.05, 0) is 74.5 Å². The van der Waals surface area contributed by atoms with E-state index in [1.165, 1.54) is 4.31 Å². The number of ether oxygens (including phenoxy) is 2. The third-order valence-corrected chi connectivity index (χ3v) is 7.08. The normalized spacial score (nSPS) is 11.3. The maximum atomic E-state index is 13.6. The van der Waals surface area contributed by atoms with Gasteiger partial charge in [-0.1, -0.05) is 18.2 Å². The minimum atomic E-state index is -3.86. The van der Waals surface area contributed by atoms with E-state index in [0.717, 1.165) is 11.3 Å². The van der Waals surface area contributed by atoms with Crippen LogP contribution in [0.2, 0.25) is 0 Å². The number of nitrogens with zero attached hydrogens (tertiary/aromatic N) is 2. The fourth-order valence-corrected chi connectivity index (χ4v) is 4.92. The first-order valence-electron chi connectivity index (χ1n) is 10.8. The maximum absolute atomic E-state index is 13.6. The summed E-state index contributed by atoms with van der Waals surface area (Å²) in [5.74, 6) is 2.36. The minimum absolute atomic E-state index is 0.0106. The summed E-state index contributed by atoms with van der Waals surface area (Å²) < 4.78 is 45.2. The van der Waals surface area contributed by atoms with Crippen molar-refractivity contribution in [3.63, 3.8) is 0 Å². The molecule has 0 aliphatic carbocycles. The zero-order valence-electron chi connectivity index (χ0n) is 19.3. The second-order valence-electron chi connectivity index (χ2n) is 7.50. The Morgan fingerprint density at radius 3 is 2.18 bits per heavy atom. The van der Waals surface area contributed by atoms with Gasteiger partial charge in [-0.2, -0.15) is 0 Å². The molecule has 0 atom stereocenters. The van der Waals surface area contributed by atoms with E-state index in [0.29, 0.717) is 35.4 Å². The van der Waals surface area contributed by atoms with E-state index in [4.69, 9.17) is 13.9 Å². The van der Waals surface area contributed by atoms with Crippen molar-refractivity contribution in [1.82, 2.24) is 4.98 Å². The first kappa shape index (κ1) is 23.4. The van der Waals surface area contributed by atoms with Crippen LogP contribution in [0, 0.1) is 6.92 Å². The van der Waals surface area contributed by atoms with Gasteiger partial charge in [-0.3, -0.25) is 4.31 Å². The van der Waals surface area contributed by atoms with E-state index in [1.54, 1.807) is 68.6 Å². The molecule has 0 aliphatic heterocycles. The van der Waals surface area contributed by atoms with Crippen molar-refractivity contribution in [2.75, 3.05) is 18.0 Å². The van der Waals surface area contributed by atoms with Gasteiger partial charge in [0.05, 0.1) is 30.8 Å². The Kier molecular flexibility index (Phi) is 6.88. The molecule has 34 heavy (non-hydrogen) atoms. The number of aromatic nitrogens is 1. The second kappa shape index (κ2) is 10.0. The molecular weight excluding hydrogens is 452 g/mol. The SMILES string of the molecule is CCOc1ccc(N(Cc2nc(-c3ccc(OC)cc3)oc2C)S(=O)(=O)c2ccccc2)cc1. The number of benzene rings is 3. The number of methoxy groups -OCH3 is 1. The molecule has 1 heterocycles. The van der Waals surface area contributed by atoms with Gasteiger partial charge in [0, 0.05) is 5.56 Å². The number of hydrogen-bond acceptors (Lipinski definition) is 6. The third-order valence-electron chi connectivity index (χ3n) is 5.29. The molecule has 7 nitrogen and oxygen atoms in total. The van der Waals surface area contributed by atoms with Crippen molar-refractivity contribution in [1.29, 1.82) is 0 Å². The molecule has 1 aromatic heterocycles. The number of sulfonamides is 1. The zero-order chi connectivity index (χ0) is 24.1. The highest BCUT2D eigenvalue weighted by Crippen LogP contribution is 2.30. The Bertz CT molecular complexity index is 1330. The Hall–Kier alpha value is -3.78. The first-order valence-corrected chi connectivity index (χ1v) is 12.3. The van der Waals surface area contributed by atoms with Gasteiger partial charge in [-0.25, -0.2) is 13.4 Å². The molecule has 0 spiro atoms. The fraction of sp³-hybridized carbons (Fsp3) is 0.192. The van der Waals surface area contributed by atoms with E-state index in [-0.39, 0.29) is 11.4 Å². The van der Waals surface area contributed by atoms with Gasteiger partial charge in [0.1, 0.15) is 23.0 Å². The van der Waals surface area contributed by atoms with E-state index < -0.39 is 10.0 Å². The quantitative estimate of drug-likeness (QED) is 0.318. The Morgan fingerprint density at radius 1 is 0.912 bits per heavy atom. The van der Waals surface area contributed by atoms with Gasteiger partial charge in [0.15, 0.2) is 0 Å². The van der Waals surface area contributed by atoms with Crippen LogP contribution in [-0.2, 0) is 16.6 Å². The molecule has 0 radical (unpaired) electrons. The number of aryl methyl sites for hydroxylation is 1. The fourth-order valence-electron chi connectivity index (χ4n) is 3.48. The summed E-state index contributed by atoms with van der Waals surface area (Å²) in [6.45, 7) is 4.21. The average Bonchev–Trinajstić information content (AvgIpc) is 3.24. The van der Waals surface area contributed by atoms with Crippen LogP contribution in [0.4, 0.5) is 5.69 Å². The zero-order valence-corrected chi connectivity index (χ0v) is 20.1. The number of rotatable bonds is 9. The lowest BCUT2D eigenvalue weighted by Gasteiger charge is -2.24. The lowest BCUT2D eigenvalue weighted by molar-refractivity contribution is 0.340. The van der Waals surface area contributed by atoms with Crippen LogP contribution in [0.25, 0.3) is 11.5 Å². The molecule has 4 aromatic rings. The highest BCUT2D eigenvalue weighted by molar-refractivity contribution is 7.92. The van der Waals surface area contributed by atoms with E-state index in [2.05, 4.69) is 4.98 Å². The van der Waals surface area contributed by atoms with Gasteiger partial charge in [-0.15, -0.1) is 0 Å². The second-order valence-corrected chi connectivity index (χ2v) is 9.36. The number of oxazole rings is 1. The Balaban J connectivity index is 1.72. The molecule has 0 aliphatic rings.